The molecule has 6 heteroatoms. The van der Waals surface area contributed by atoms with Crippen molar-refractivity contribution in [1.29, 1.82) is 0 Å². The number of benzene rings is 1. The molecule has 1 aliphatic heterocycles. The molecule has 1 aromatic heterocycles. The van der Waals surface area contributed by atoms with Gasteiger partial charge in [-0.1, -0.05) is 12.1 Å². The van der Waals surface area contributed by atoms with E-state index in [0.717, 1.165) is 29.5 Å². The van der Waals surface area contributed by atoms with E-state index in [1.807, 2.05) is 42.7 Å². The van der Waals surface area contributed by atoms with Crippen LogP contribution in [0.5, 0.6) is 0 Å². The van der Waals surface area contributed by atoms with Gasteiger partial charge in [0.15, 0.2) is 0 Å². The van der Waals surface area contributed by atoms with Crippen LogP contribution in [0.15, 0.2) is 47.4 Å². The second-order valence-corrected chi connectivity index (χ2v) is 6.05. The number of ether oxygens (including phenoxy) is 1. The number of nitrogens with zero attached hydrogens (tertiary/aromatic N) is 2. The van der Waals surface area contributed by atoms with Crippen molar-refractivity contribution < 1.29 is 9.53 Å². The molecule has 1 aromatic carbocycles. The molecule has 0 bridgehead atoms. The number of amides is 1. The Hall–Kier alpha value is -2.05. The molecule has 0 spiro atoms. The Morgan fingerprint density at radius 2 is 2.00 bits per heavy atom. The van der Waals surface area contributed by atoms with Gasteiger partial charge in [-0.2, -0.15) is 0 Å². The van der Waals surface area contributed by atoms with Gasteiger partial charge in [0.25, 0.3) is 5.91 Å². The molecular formula is C17H19N3O2S. The van der Waals surface area contributed by atoms with Gasteiger partial charge in [0, 0.05) is 23.7 Å². The summed E-state index contributed by atoms with van der Waals surface area (Å²) in [7, 11) is 0. The van der Waals surface area contributed by atoms with Crippen LogP contribution in [-0.4, -0.2) is 43.5 Å². The summed E-state index contributed by atoms with van der Waals surface area (Å²) in [6.45, 7) is 2.99. The third kappa shape index (κ3) is 4.03. The van der Waals surface area contributed by atoms with Gasteiger partial charge in [0.2, 0.25) is 0 Å². The highest BCUT2D eigenvalue weighted by molar-refractivity contribution is 7.98. The normalized spacial score (nSPS) is 14.6. The monoisotopic (exact) mass is 329 g/mol. The molecule has 120 valence electrons. The summed E-state index contributed by atoms with van der Waals surface area (Å²) in [4.78, 5) is 20.2. The van der Waals surface area contributed by atoms with Crippen molar-refractivity contribution in [3.8, 4) is 0 Å². The van der Waals surface area contributed by atoms with E-state index in [-0.39, 0.29) is 5.91 Å². The SMILES string of the molecule is CSc1cccc(NC(=O)c2cccc(N3CCOCC3)n2)c1. The maximum atomic E-state index is 12.4. The van der Waals surface area contributed by atoms with Crippen molar-refractivity contribution in [2.75, 3.05) is 42.8 Å². The van der Waals surface area contributed by atoms with E-state index in [0.29, 0.717) is 18.9 Å². The molecule has 2 heterocycles. The third-order valence-corrected chi connectivity index (χ3v) is 4.36. The molecule has 0 aliphatic carbocycles. The van der Waals surface area contributed by atoms with Gasteiger partial charge in [0.05, 0.1) is 13.2 Å². The van der Waals surface area contributed by atoms with E-state index < -0.39 is 0 Å². The minimum atomic E-state index is -0.196. The van der Waals surface area contributed by atoms with Crippen molar-refractivity contribution in [1.82, 2.24) is 4.98 Å². The summed E-state index contributed by atoms with van der Waals surface area (Å²) in [5, 5.41) is 2.91. The van der Waals surface area contributed by atoms with Crippen molar-refractivity contribution in [3.05, 3.63) is 48.2 Å². The van der Waals surface area contributed by atoms with Gasteiger partial charge in [-0.3, -0.25) is 4.79 Å². The number of thioether (sulfide) groups is 1. The smallest absolute Gasteiger partial charge is 0.274 e. The maximum absolute atomic E-state index is 12.4. The third-order valence-electron chi connectivity index (χ3n) is 3.63. The van der Waals surface area contributed by atoms with Crippen LogP contribution in [0.4, 0.5) is 11.5 Å². The van der Waals surface area contributed by atoms with Gasteiger partial charge >= 0.3 is 0 Å². The van der Waals surface area contributed by atoms with E-state index in [1.54, 1.807) is 17.8 Å². The van der Waals surface area contributed by atoms with Gasteiger partial charge < -0.3 is 15.0 Å². The summed E-state index contributed by atoms with van der Waals surface area (Å²) < 4.78 is 5.35. The number of hydrogen-bond donors (Lipinski definition) is 1. The molecule has 1 fully saturated rings. The molecule has 0 atom stereocenters. The molecular weight excluding hydrogens is 310 g/mol. The maximum Gasteiger partial charge on any atom is 0.274 e. The molecule has 23 heavy (non-hydrogen) atoms. The van der Waals surface area contributed by atoms with Crippen LogP contribution >= 0.6 is 11.8 Å². The molecule has 1 N–H and O–H groups in total. The molecule has 1 saturated heterocycles. The first kappa shape index (κ1) is 15.8. The Morgan fingerprint density at radius 3 is 2.78 bits per heavy atom. The number of pyridine rings is 1. The first-order valence-corrected chi connectivity index (χ1v) is 8.74. The Balaban J connectivity index is 1.74. The zero-order chi connectivity index (χ0) is 16.1. The van der Waals surface area contributed by atoms with Crippen LogP contribution in [0.2, 0.25) is 0 Å². The molecule has 1 amide bonds. The molecule has 3 rings (SSSR count). The standard InChI is InChI=1S/C17H19N3O2S/c1-23-14-5-2-4-13(12-14)18-17(21)15-6-3-7-16(19-15)20-8-10-22-11-9-20/h2-7,12H,8-11H2,1H3,(H,18,21). The lowest BCUT2D eigenvalue weighted by Gasteiger charge is -2.27. The minimum Gasteiger partial charge on any atom is -0.378 e. The van der Waals surface area contributed by atoms with Gasteiger partial charge in [0.1, 0.15) is 11.5 Å². The lowest BCUT2D eigenvalue weighted by molar-refractivity contribution is 0.102. The minimum absolute atomic E-state index is 0.196. The van der Waals surface area contributed by atoms with Crippen molar-refractivity contribution in [2.24, 2.45) is 0 Å². The molecule has 5 nitrogen and oxygen atoms in total. The summed E-state index contributed by atoms with van der Waals surface area (Å²) in [5.41, 5.74) is 1.20. The number of hydrogen-bond acceptors (Lipinski definition) is 5. The summed E-state index contributed by atoms with van der Waals surface area (Å²) in [5.74, 6) is 0.622. The van der Waals surface area contributed by atoms with E-state index in [1.165, 1.54) is 0 Å². The highest BCUT2D eigenvalue weighted by atomic mass is 32.2. The van der Waals surface area contributed by atoms with Crippen LogP contribution in [-0.2, 0) is 4.74 Å². The zero-order valence-corrected chi connectivity index (χ0v) is 13.8. The van der Waals surface area contributed by atoms with E-state index >= 15 is 0 Å². The fourth-order valence-electron chi connectivity index (χ4n) is 2.41. The first-order chi connectivity index (χ1) is 11.3. The number of rotatable bonds is 4. The number of aromatic nitrogens is 1. The number of carbonyl (C=O) groups is 1. The number of morpholine rings is 1. The van der Waals surface area contributed by atoms with E-state index in [2.05, 4.69) is 15.2 Å². The predicted molar refractivity (Wildman–Crippen MR) is 93.4 cm³/mol. The summed E-state index contributed by atoms with van der Waals surface area (Å²) >= 11 is 1.64. The quantitative estimate of drug-likeness (QED) is 0.874. The first-order valence-electron chi connectivity index (χ1n) is 7.51. The average Bonchev–Trinajstić information content (AvgIpc) is 2.63. The molecule has 2 aromatic rings. The van der Waals surface area contributed by atoms with E-state index in [4.69, 9.17) is 4.74 Å². The fourth-order valence-corrected chi connectivity index (χ4v) is 2.87. The molecule has 0 unspecified atom stereocenters. The number of anilines is 2. The van der Waals surface area contributed by atoms with Crippen molar-refractivity contribution in [3.63, 3.8) is 0 Å². The lowest BCUT2D eigenvalue weighted by atomic mass is 10.2. The van der Waals surface area contributed by atoms with Gasteiger partial charge in [-0.15, -0.1) is 11.8 Å². The number of nitrogens with one attached hydrogen (secondary N) is 1. The molecule has 1 aliphatic rings. The van der Waals surface area contributed by atoms with Gasteiger partial charge in [-0.25, -0.2) is 4.98 Å². The van der Waals surface area contributed by atoms with Crippen molar-refractivity contribution >= 4 is 29.2 Å². The lowest BCUT2D eigenvalue weighted by Crippen LogP contribution is -2.37. The van der Waals surface area contributed by atoms with Gasteiger partial charge in [-0.05, 0) is 36.6 Å². The summed E-state index contributed by atoms with van der Waals surface area (Å²) in [6, 6.07) is 13.3. The number of carbonyl (C=O) groups excluding carboxylic acids is 1. The molecule has 0 radical (unpaired) electrons. The topological polar surface area (TPSA) is 54.5 Å². The summed E-state index contributed by atoms with van der Waals surface area (Å²) in [6.07, 6.45) is 2.01. The Labute approximate surface area is 140 Å². The van der Waals surface area contributed by atoms with Crippen LogP contribution in [0, 0.1) is 0 Å². The largest absolute Gasteiger partial charge is 0.378 e. The van der Waals surface area contributed by atoms with Crippen LogP contribution < -0.4 is 10.2 Å². The van der Waals surface area contributed by atoms with Crippen LogP contribution in [0.1, 0.15) is 10.5 Å². The second kappa shape index (κ2) is 7.48. The highest BCUT2D eigenvalue weighted by Crippen LogP contribution is 2.20. The average molecular weight is 329 g/mol. The fraction of sp³-hybridized carbons (Fsp3) is 0.294. The Morgan fingerprint density at radius 1 is 1.22 bits per heavy atom. The zero-order valence-electron chi connectivity index (χ0n) is 13.0. The second-order valence-electron chi connectivity index (χ2n) is 5.17. The predicted octanol–water partition coefficient (Wildman–Crippen LogP) is 2.89. The Bertz CT molecular complexity index is 687. The Kier molecular flexibility index (Phi) is 5.15. The van der Waals surface area contributed by atoms with Crippen LogP contribution in [0.3, 0.4) is 0 Å². The highest BCUT2D eigenvalue weighted by Gasteiger charge is 2.15. The van der Waals surface area contributed by atoms with E-state index in [9.17, 15) is 4.79 Å². The van der Waals surface area contributed by atoms with Crippen molar-refractivity contribution in [2.45, 2.75) is 4.90 Å². The molecule has 0 saturated carbocycles. The van der Waals surface area contributed by atoms with Crippen LogP contribution in [0.25, 0.3) is 0 Å².